The highest BCUT2D eigenvalue weighted by Crippen LogP contribution is 2.40. The van der Waals surface area contributed by atoms with Gasteiger partial charge in [-0.05, 0) is 72.2 Å². The monoisotopic (exact) mass is 546 g/mol. The number of fused-ring (bicyclic) bond motifs is 2. The lowest BCUT2D eigenvalue weighted by Gasteiger charge is -2.24. The first-order valence-corrected chi connectivity index (χ1v) is 13.9. The summed E-state index contributed by atoms with van der Waals surface area (Å²) in [5.74, 6) is -1.71. The molecule has 4 aromatic carbocycles. The Morgan fingerprint density at radius 3 is 2.20 bits per heavy atom. The van der Waals surface area contributed by atoms with Crippen LogP contribution in [0.1, 0.15) is 57.8 Å². The van der Waals surface area contributed by atoms with Crippen molar-refractivity contribution in [3.05, 3.63) is 131 Å². The third-order valence-electron chi connectivity index (χ3n) is 7.39. The lowest BCUT2D eigenvalue weighted by molar-refractivity contribution is -0.305. The normalized spacial score (nSPS) is 14.0. The lowest BCUT2D eigenvalue weighted by atomic mass is 9.86. The lowest BCUT2D eigenvalue weighted by Crippen LogP contribution is -2.32. The maximum Gasteiger partial charge on any atom is 0.319 e. The molecule has 2 N–H and O–H groups in total. The number of nitrogens with one attached hydrogen (secondary N) is 2. The van der Waals surface area contributed by atoms with E-state index in [0.29, 0.717) is 18.7 Å². The van der Waals surface area contributed by atoms with Gasteiger partial charge in [0.2, 0.25) is 0 Å². The Morgan fingerprint density at radius 1 is 0.756 bits per heavy atom. The molecular weight excluding hydrogens is 514 g/mol. The van der Waals surface area contributed by atoms with Gasteiger partial charge in [-0.2, -0.15) is 0 Å². The average Bonchev–Trinajstić information content (AvgIpc) is 3.08. The van der Waals surface area contributed by atoms with Gasteiger partial charge in [0.1, 0.15) is 0 Å². The molecule has 1 unspecified atom stereocenters. The van der Waals surface area contributed by atoms with Gasteiger partial charge in [0.15, 0.2) is 0 Å². The summed E-state index contributed by atoms with van der Waals surface area (Å²) in [5.41, 5.74) is 5.72. The number of carboxylic acids is 1. The molecule has 0 fully saturated rings. The number of hydrogen-bond acceptors (Lipinski definition) is 4. The summed E-state index contributed by atoms with van der Waals surface area (Å²) < 4.78 is 0. The van der Waals surface area contributed by atoms with Crippen molar-refractivity contribution in [2.75, 3.05) is 16.8 Å². The summed E-state index contributed by atoms with van der Waals surface area (Å²) >= 11 is 0. The van der Waals surface area contributed by atoms with Gasteiger partial charge in [0.05, 0.1) is 0 Å². The van der Waals surface area contributed by atoms with Gasteiger partial charge in [-0.15, -0.1) is 0 Å². The second-order valence-electron chi connectivity index (χ2n) is 10.2. The summed E-state index contributed by atoms with van der Waals surface area (Å²) in [7, 11) is 0. The fourth-order valence-electron chi connectivity index (χ4n) is 5.36. The van der Waals surface area contributed by atoms with Crippen LogP contribution in [-0.2, 0) is 17.8 Å². The first-order valence-electron chi connectivity index (χ1n) is 13.9. The van der Waals surface area contributed by atoms with Crippen LogP contribution in [0.4, 0.5) is 16.2 Å². The molecule has 208 valence electrons. The molecule has 3 amide bonds. The Kier molecular flexibility index (Phi) is 8.74. The van der Waals surface area contributed by atoms with E-state index < -0.39 is 11.9 Å². The van der Waals surface area contributed by atoms with Crippen molar-refractivity contribution in [2.24, 2.45) is 0 Å². The SMILES string of the molecule is O=C([O-])CC1c2ccccc2C(=O)N(CCCCc2ccc(NC(=O)NCc3ccccc3)cc2)c2ccccc21. The van der Waals surface area contributed by atoms with E-state index in [1.165, 1.54) is 0 Å². The predicted octanol–water partition coefficient (Wildman–Crippen LogP) is 5.26. The number of rotatable bonds is 10. The maximum absolute atomic E-state index is 13.7. The molecule has 0 aromatic heterocycles. The highest BCUT2D eigenvalue weighted by molar-refractivity contribution is 6.09. The molecule has 4 aromatic rings. The highest BCUT2D eigenvalue weighted by atomic mass is 16.4. The topological polar surface area (TPSA) is 102 Å². The number of urea groups is 1. The van der Waals surface area contributed by atoms with E-state index in [4.69, 9.17) is 0 Å². The number of para-hydroxylation sites is 1. The second kappa shape index (κ2) is 13.0. The first kappa shape index (κ1) is 27.6. The number of aliphatic carboxylic acids is 1. The van der Waals surface area contributed by atoms with Crippen LogP contribution in [0, 0.1) is 0 Å². The molecule has 7 heteroatoms. The minimum atomic E-state index is -1.14. The van der Waals surface area contributed by atoms with Crippen LogP contribution in [0.25, 0.3) is 0 Å². The number of carboxylic acid groups (broad SMARTS) is 1. The van der Waals surface area contributed by atoms with Gasteiger partial charge in [0.25, 0.3) is 5.91 Å². The van der Waals surface area contributed by atoms with Crippen LogP contribution in [0.3, 0.4) is 0 Å². The van der Waals surface area contributed by atoms with Crippen molar-refractivity contribution < 1.29 is 19.5 Å². The van der Waals surface area contributed by atoms with E-state index in [9.17, 15) is 19.5 Å². The molecule has 1 atom stereocenters. The number of benzene rings is 4. The Balaban J connectivity index is 1.18. The molecular formula is C34H32N3O4-. The van der Waals surface area contributed by atoms with Crippen LogP contribution in [0.5, 0.6) is 0 Å². The Morgan fingerprint density at radius 2 is 1.44 bits per heavy atom. The van der Waals surface area contributed by atoms with E-state index in [-0.39, 0.29) is 18.4 Å². The zero-order valence-electron chi connectivity index (χ0n) is 22.7. The summed E-state index contributed by atoms with van der Waals surface area (Å²) in [5, 5.41) is 17.3. The standard InChI is InChI=1S/C34H33N3O4/c38-32(39)22-30-27-13-4-5-15-29(27)33(40)37(31-16-7-6-14-28(30)31)21-9-8-10-24-17-19-26(20-18-24)36-34(41)35-23-25-11-2-1-3-12-25/h1-7,11-20,30H,8-10,21-23H2,(H,38,39)(H2,35,36,41)/p-1. The number of aryl methyl sites for hydroxylation is 1. The summed E-state index contributed by atoms with van der Waals surface area (Å²) in [6.45, 7) is 0.973. The van der Waals surface area contributed by atoms with Crippen LogP contribution >= 0.6 is 0 Å². The Bertz CT molecular complexity index is 1520. The van der Waals surface area contributed by atoms with Crippen molar-refractivity contribution >= 4 is 29.3 Å². The molecule has 1 aliphatic rings. The molecule has 0 aliphatic carbocycles. The van der Waals surface area contributed by atoms with Crippen LogP contribution in [0.15, 0.2) is 103 Å². The number of unbranched alkanes of at least 4 members (excludes halogenated alkanes) is 1. The number of hydrogen-bond donors (Lipinski definition) is 2. The number of anilines is 2. The molecule has 0 radical (unpaired) electrons. The molecule has 7 nitrogen and oxygen atoms in total. The number of carbonyl (C=O) groups excluding carboxylic acids is 3. The number of nitrogens with zero attached hydrogens (tertiary/aromatic N) is 1. The van der Waals surface area contributed by atoms with Crippen LogP contribution < -0.4 is 20.6 Å². The van der Waals surface area contributed by atoms with Gasteiger partial charge >= 0.3 is 6.03 Å². The zero-order chi connectivity index (χ0) is 28.6. The van der Waals surface area contributed by atoms with Crippen molar-refractivity contribution in [1.29, 1.82) is 0 Å². The van der Waals surface area contributed by atoms with Crippen LogP contribution in [-0.4, -0.2) is 24.5 Å². The predicted molar refractivity (Wildman–Crippen MR) is 158 cm³/mol. The molecule has 1 aliphatic heterocycles. The van der Waals surface area contributed by atoms with Crippen molar-refractivity contribution in [3.63, 3.8) is 0 Å². The molecule has 41 heavy (non-hydrogen) atoms. The van der Waals surface area contributed by atoms with E-state index in [1.807, 2.05) is 97.1 Å². The summed E-state index contributed by atoms with van der Waals surface area (Å²) in [6.07, 6.45) is 2.28. The van der Waals surface area contributed by atoms with Gasteiger partial charge in [0, 0.05) is 41.9 Å². The zero-order valence-corrected chi connectivity index (χ0v) is 22.7. The van der Waals surface area contributed by atoms with Crippen molar-refractivity contribution in [3.8, 4) is 0 Å². The van der Waals surface area contributed by atoms with E-state index >= 15 is 0 Å². The minimum Gasteiger partial charge on any atom is -0.550 e. The van der Waals surface area contributed by atoms with E-state index in [1.54, 1.807) is 11.0 Å². The minimum absolute atomic E-state index is 0.116. The number of amides is 3. The highest BCUT2D eigenvalue weighted by Gasteiger charge is 2.31. The van der Waals surface area contributed by atoms with Gasteiger partial charge in [-0.1, -0.05) is 78.9 Å². The van der Waals surface area contributed by atoms with Gasteiger partial charge < -0.3 is 25.4 Å². The third kappa shape index (κ3) is 6.81. The number of carbonyl (C=O) groups is 3. The van der Waals surface area contributed by atoms with Gasteiger partial charge in [-0.3, -0.25) is 4.79 Å². The summed E-state index contributed by atoms with van der Waals surface area (Å²) in [4.78, 5) is 39.3. The third-order valence-corrected chi connectivity index (χ3v) is 7.39. The molecule has 0 saturated heterocycles. The Labute approximate surface area is 239 Å². The van der Waals surface area contributed by atoms with Crippen molar-refractivity contribution in [2.45, 2.75) is 38.1 Å². The molecule has 0 bridgehead atoms. The molecule has 0 spiro atoms. The van der Waals surface area contributed by atoms with Crippen LogP contribution in [0.2, 0.25) is 0 Å². The van der Waals surface area contributed by atoms with Crippen molar-refractivity contribution in [1.82, 2.24) is 5.32 Å². The maximum atomic E-state index is 13.7. The molecule has 1 heterocycles. The Hall–Kier alpha value is -4.91. The van der Waals surface area contributed by atoms with E-state index in [0.717, 1.165) is 52.9 Å². The summed E-state index contributed by atoms with van der Waals surface area (Å²) in [6, 6.07) is 32.1. The quantitative estimate of drug-likeness (QED) is 0.265. The smallest absolute Gasteiger partial charge is 0.319 e. The molecule has 5 rings (SSSR count). The van der Waals surface area contributed by atoms with E-state index in [2.05, 4.69) is 10.6 Å². The van der Waals surface area contributed by atoms with Gasteiger partial charge in [-0.25, -0.2) is 4.79 Å². The largest absolute Gasteiger partial charge is 0.550 e. The second-order valence-corrected chi connectivity index (χ2v) is 10.2. The average molecular weight is 547 g/mol. The fraction of sp³-hybridized carbons (Fsp3) is 0.206. The fourth-order valence-corrected chi connectivity index (χ4v) is 5.36. The first-order chi connectivity index (χ1) is 20.0. The molecule has 0 saturated carbocycles.